The number of aliphatic imine (C=N–C) groups is 1. The van der Waals surface area contributed by atoms with E-state index >= 15 is 0 Å². The zero-order chi connectivity index (χ0) is 15.7. The molecule has 2 aromatic rings. The number of hydrogen-bond donors (Lipinski definition) is 0. The number of aryl methyl sites for hydroxylation is 1. The fourth-order valence-electron chi connectivity index (χ4n) is 1.94. The molecule has 112 valence electrons. The first-order valence-corrected chi connectivity index (χ1v) is 8.62. The largest absolute Gasteiger partial charge is 0.290 e. The van der Waals surface area contributed by atoms with Gasteiger partial charge in [-0.05, 0) is 61.2 Å². The van der Waals surface area contributed by atoms with Crippen molar-refractivity contribution in [1.82, 2.24) is 4.90 Å². The minimum Gasteiger partial charge on any atom is -0.290 e. The SMILES string of the molecule is Cc1ccc(/C=C2/SC(=Nc3ccc(Cl)cc3)N(C)C2=O)s1. The Morgan fingerprint density at radius 1 is 1.18 bits per heavy atom. The maximum absolute atomic E-state index is 12.3. The summed E-state index contributed by atoms with van der Waals surface area (Å²) < 4.78 is 0. The molecule has 0 spiro atoms. The van der Waals surface area contributed by atoms with Crippen molar-refractivity contribution >= 4 is 57.5 Å². The molecule has 0 radical (unpaired) electrons. The molecule has 0 bridgehead atoms. The summed E-state index contributed by atoms with van der Waals surface area (Å²) >= 11 is 8.93. The van der Waals surface area contributed by atoms with Gasteiger partial charge < -0.3 is 0 Å². The highest BCUT2D eigenvalue weighted by Crippen LogP contribution is 2.34. The Hall–Kier alpha value is -1.56. The van der Waals surface area contributed by atoms with Crippen LogP contribution in [0.4, 0.5) is 5.69 Å². The molecule has 1 fully saturated rings. The maximum atomic E-state index is 12.3. The van der Waals surface area contributed by atoms with E-state index in [1.165, 1.54) is 16.6 Å². The summed E-state index contributed by atoms with van der Waals surface area (Å²) in [6.07, 6.45) is 1.92. The van der Waals surface area contributed by atoms with Gasteiger partial charge in [0.1, 0.15) is 0 Å². The van der Waals surface area contributed by atoms with Crippen molar-refractivity contribution in [2.75, 3.05) is 7.05 Å². The molecule has 0 saturated carbocycles. The predicted molar refractivity (Wildman–Crippen MR) is 95.9 cm³/mol. The lowest BCUT2D eigenvalue weighted by atomic mass is 10.3. The average Bonchev–Trinajstić information content (AvgIpc) is 3.01. The quantitative estimate of drug-likeness (QED) is 0.720. The number of likely N-dealkylation sites (N-methyl/N-ethyl adjacent to an activating group) is 1. The minimum absolute atomic E-state index is 0.0243. The number of rotatable bonds is 2. The molecule has 1 amide bonds. The number of amidine groups is 1. The van der Waals surface area contributed by atoms with Gasteiger partial charge in [-0.15, -0.1) is 11.3 Å². The monoisotopic (exact) mass is 348 g/mol. The molecular weight excluding hydrogens is 336 g/mol. The second kappa shape index (κ2) is 6.28. The average molecular weight is 349 g/mol. The van der Waals surface area contributed by atoms with Gasteiger partial charge in [0.2, 0.25) is 0 Å². The second-order valence-electron chi connectivity index (χ2n) is 4.79. The molecule has 22 heavy (non-hydrogen) atoms. The molecule has 1 aliphatic rings. The molecule has 1 saturated heterocycles. The molecule has 0 aliphatic carbocycles. The number of thioether (sulfide) groups is 1. The van der Waals surface area contributed by atoms with E-state index in [9.17, 15) is 4.79 Å². The van der Waals surface area contributed by atoms with E-state index in [-0.39, 0.29) is 5.91 Å². The third kappa shape index (κ3) is 3.27. The maximum Gasteiger partial charge on any atom is 0.266 e. The van der Waals surface area contributed by atoms with E-state index in [4.69, 9.17) is 11.6 Å². The first kappa shape index (κ1) is 15.3. The van der Waals surface area contributed by atoms with Gasteiger partial charge in [-0.1, -0.05) is 11.6 Å². The Morgan fingerprint density at radius 3 is 2.55 bits per heavy atom. The lowest BCUT2D eigenvalue weighted by Gasteiger charge is -2.06. The Labute approximate surface area is 142 Å². The third-order valence-corrected chi connectivity index (χ3v) is 5.35. The number of carbonyl (C=O) groups excluding carboxylic acids is 1. The van der Waals surface area contributed by atoms with Crippen LogP contribution in [-0.2, 0) is 4.79 Å². The topological polar surface area (TPSA) is 32.7 Å². The number of benzene rings is 1. The normalized spacial score (nSPS) is 18.7. The number of halogens is 1. The Kier molecular flexibility index (Phi) is 4.38. The molecule has 3 nitrogen and oxygen atoms in total. The van der Waals surface area contributed by atoms with E-state index < -0.39 is 0 Å². The zero-order valence-electron chi connectivity index (χ0n) is 12.0. The number of amides is 1. The summed E-state index contributed by atoms with van der Waals surface area (Å²) in [4.78, 5) is 21.4. The molecule has 1 aromatic carbocycles. The highest BCUT2D eigenvalue weighted by atomic mass is 35.5. The van der Waals surface area contributed by atoms with Crippen LogP contribution in [0.2, 0.25) is 5.02 Å². The Morgan fingerprint density at radius 2 is 1.91 bits per heavy atom. The second-order valence-corrected chi connectivity index (χ2v) is 7.56. The smallest absolute Gasteiger partial charge is 0.266 e. The molecule has 0 atom stereocenters. The van der Waals surface area contributed by atoms with Gasteiger partial charge >= 0.3 is 0 Å². The van der Waals surface area contributed by atoms with E-state index in [1.54, 1.807) is 35.4 Å². The van der Waals surface area contributed by atoms with Crippen LogP contribution >= 0.6 is 34.7 Å². The fourth-order valence-corrected chi connectivity index (χ4v) is 3.94. The van der Waals surface area contributed by atoms with Gasteiger partial charge in [-0.2, -0.15) is 0 Å². The highest BCUT2D eigenvalue weighted by Gasteiger charge is 2.30. The minimum atomic E-state index is -0.0243. The molecule has 3 rings (SSSR count). The van der Waals surface area contributed by atoms with Crippen LogP contribution < -0.4 is 0 Å². The van der Waals surface area contributed by atoms with E-state index in [0.717, 1.165) is 10.6 Å². The van der Waals surface area contributed by atoms with Crippen LogP contribution in [0.25, 0.3) is 6.08 Å². The summed E-state index contributed by atoms with van der Waals surface area (Å²) in [6.45, 7) is 2.05. The first-order valence-electron chi connectivity index (χ1n) is 6.61. The summed E-state index contributed by atoms with van der Waals surface area (Å²) in [7, 11) is 1.74. The lowest BCUT2D eigenvalue weighted by Crippen LogP contribution is -2.23. The molecule has 6 heteroatoms. The first-order chi connectivity index (χ1) is 10.5. The number of carbonyl (C=O) groups is 1. The molecule has 1 aliphatic heterocycles. The molecule has 0 N–H and O–H groups in total. The highest BCUT2D eigenvalue weighted by molar-refractivity contribution is 8.18. The summed E-state index contributed by atoms with van der Waals surface area (Å²) in [6, 6.07) is 11.3. The van der Waals surface area contributed by atoms with Gasteiger partial charge in [0, 0.05) is 21.8 Å². The van der Waals surface area contributed by atoms with Gasteiger partial charge in [0.25, 0.3) is 5.91 Å². The van der Waals surface area contributed by atoms with Crippen molar-refractivity contribution < 1.29 is 4.79 Å². The standard InChI is InChI=1S/C16H13ClN2OS2/c1-10-3-8-13(21-10)9-14-15(20)19(2)16(22-14)18-12-6-4-11(17)5-7-12/h3-9H,1-2H3/b14-9+,18-16?. The summed E-state index contributed by atoms with van der Waals surface area (Å²) in [5.74, 6) is -0.0243. The van der Waals surface area contributed by atoms with Crippen molar-refractivity contribution in [2.45, 2.75) is 6.92 Å². The fraction of sp³-hybridized carbons (Fsp3) is 0.125. The van der Waals surface area contributed by atoms with Crippen LogP contribution in [0.1, 0.15) is 9.75 Å². The third-order valence-electron chi connectivity index (χ3n) is 3.09. The van der Waals surface area contributed by atoms with E-state index in [2.05, 4.69) is 11.9 Å². The number of thiophene rings is 1. The Bertz CT molecular complexity index is 778. The molecule has 0 unspecified atom stereocenters. The van der Waals surface area contributed by atoms with Crippen LogP contribution in [-0.4, -0.2) is 23.0 Å². The number of nitrogens with zero attached hydrogens (tertiary/aromatic N) is 2. The van der Waals surface area contributed by atoms with Crippen LogP contribution in [0.5, 0.6) is 0 Å². The van der Waals surface area contributed by atoms with Crippen molar-refractivity contribution in [3.05, 3.63) is 56.1 Å². The summed E-state index contributed by atoms with van der Waals surface area (Å²) in [5.41, 5.74) is 0.778. The van der Waals surface area contributed by atoms with Crippen LogP contribution in [0, 0.1) is 6.92 Å². The van der Waals surface area contributed by atoms with Crippen molar-refractivity contribution in [3.63, 3.8) is 0 Å². The van der Waals surface area contributed by atoms with Gasteiger partial charge in [-0.3, -0.25) is 9.69 Å². The molecular formula is C16H13ClN2OS2. The van der Waals surface area contributed by atoms with Gasteiger partial charge in [0.15, 0.2) is 5.17 Å². The van der Waals surface area contributed by atoms with Crippen molar-refractivity contribution in [3.8, 4) is 0 Å². The number of hydrogen-bond acceptors (Lipinski definition) is 4. The van der Waals surface area contributed by atoms with Gasteiger partial charge in [-0.25, -0.2) is 4.99 Å². The summed E-state index contributed by atoms with van der Waals surface area (Å²) in [5, 5.41) is 1.34. The van der Waals surface area contributed by atoms with Crippen molar-refractivity contribution in [2.24, 2.45) is 4.99 Å². The van der Waals surface area contributed by atoms with E-state index in [0.29, 0.717) is 15.1 Å². The van der Waals surface area contributed by atoms with Gasteiger partial charge in [0.05, 0.1) is 10.6 Å². The van der Waals surface area contributed by atoms with Crippen LogP contribution in [0.15, 0.2) is 46.3 Å². The Balaban J connectivity index is 1.88. The van der Waals surface area contributed by atoms with E-state index in [1.807, 2.05) is 30.3 Å². The zero-order valence-corrected chi connectivity index (χ0v) is 14.4. The lowest BCUT2D eigenvalue weighted by molar-refractivity contribution is -0.121. The predicted octanol–water partition coefficient (Wildman–Crippen LogP) is 4.94. The molecule has 2 heterocycles. The van der Waals surface area contributed by atoms with Crippen molar-refractivity contribution in [1.29, 1.82) is 0 Å². The van der Waals surface area contributed by atoms with Crippen LogP contribution in [0.3, 0.4) is 0 Å². The molecule has 1 aromatic heterocycles.